The van der Waals surface area contributed by atoms with Crippen molar-refractivity contribution in [2.24, 2.45) is 16.8 Å². The molecule has 0 aromatic carbocycles. The van der Waals surface area contributed by atoms with Crippen LogP contribution in [0.5, 0.6) is 0 Å². The van der Waals surface area contributed by atoms with E-state index in [1.807, 2.05) is 7.05 Å². The quantitative estimate of drug-likeness (QED) is 0.800. The van der Waals surface area contributed by atoms with E-state index in [0.29, 0.717) is 12.1 Å². The van der Waals surface area contributed by atoms with Crippen molar-refractivity contribution in [1.82, 2.24) is 5.32 Å². The molecule has 2 unspecified atom stereocenters. The number of nitrogens with zero attached hydrogens (tertiary/aromatic N) is 1. The lowest BCUT2D eigenvalue weighted by atomic mass is 9.95. The maximum absolute atomic E-state index is 4.95. The van der Waals surface area contributed by atoms with Crippen molar-refractivity contribution in [3.63, 3.8) is 0 Å². The fourth-order valence-electron chi connectivity index (χ4n) is 2.92. The summed E-state index contributed by atoms with van der Waals surface area (Å²) < 4.78 is 0. The van der Waals surface area contributed by atoms with E-state index in [0.717, 1.165) is 11.8 Å². The lowest BCUT2D eigenvalue weighted by Crippen LogP contribution is -2.15. The van der Waals surface area contributed by atoms with E-state index in [1.54, 1.807) is 0 Å². The average Bonchev–Trinajstić information content (AvgIpc) is 3.21. The zero-order valence-corrected chi connectivity index (χ0v) is 12.9. The standard InChI is InChI=1S/C13H19N.C4H11N/c1-2-6-11(7-3-1)14-13-8-4-5-10-9-12(10)13;1-4(2)5-3/h4,8,10-12H,1-3,5-7,9H2;4-5H,1-3H3. The predicted octanol–water partition coefficient (Wildman–Crippen LogP) is 3.97. The Kier molecular flexibility index (Phi) is 5.62. The summed E-state index contributed by atoms with van der Waals surface area (Å²) in [6.07, 6.45) is 14.3. The van der Waals surface area contributed by atoms with Crippen molar-refractivity contribution in [3.05, 3.63) is 12.2 Å². The molecule has 1 N–H and O–H groups in total. The molecular weight excluding hydrogens is 232 g/mol. The molecule has 0 saturated heterocycles. The van der Waals surface area contributed by atoms with Crippen LogP contribution in [-0.4, -0.2) is 24.8 Å². The first-order chi connectivity index (χ1) is 9.20. The minimum Gasteiger partial charge on any atom is -0.318 e. The van der Waals surface area contributed by atoms with E-state index < -0.39 is 0 Å². The van der Waals surface area contributed by atoms with Gasteiger partial charge >= 0.3 is 0 Å². The number of allylic oxidation sites excluding steroid dienone is 2. The molecule has 0 radical (unpaired) electrons. The second-order valence-electron chi connectivity index (χ2n) is 6.53. The minimum absolute atomic E-state index is 0.634. The summed E-state index contributed by atoms with van der Waals surface area (Å²) in [5.74, 6) is 1.84. The number of rotatable bonds is 2. The Balaban J connectivity index is 0.000000232. The van der Waals surface area contributed by atoms with Gasteiger partial charge in [0.15, 0.2) is 0 Å². The molecule has 2 fully saturated rings. The lowest BCUT2D eigenvalue weighted by molar-refractivity contribution is 0.442. The summed E-state index contributed by atoms with van der Waals surface area (Å²) in [4.78, 5) is 4.95. The first kappa shape index (κ1) is 14.8. The van der Waals surface area contributed by atoms with Crippen molar-refractivity contribution in [3.8, 4) is 0 Å². The predicted molar refractivity (Wildman–Crippen MR) is 83.9 cm³/mol. The van der Waals surface area contributed by atoms with Gasteiger partial charge in [-0.05, 0) is 44.7 Å². The van der Waals surface area contributed by atoms with Crippen molar-refractivity contribution in [2.45, 2.75) is 70.9 Å². The summed E-state index contributed by atoms with van der Waals surface area (Å²) >= 11 is 0. The number of nitrogens with one attached hydrogen (secondary N) is 1. The van der Waals surface area contributed by atoms with Crippen molar-refractivity contribution in [1.29, 1.82) is 0 Å². The number of fused-ring (bicyclic) bond motifs is 1. The van der Waals surface area contributed by atoms with Crippen molar-refractivity contribution < 1.29 is 0 Å². The summed E-state index contributed by atoms with van der Waals surface area (Å²) in [7, 11) is 1.95. The largest absolute Gasteiger partial charge is 0.318 e. The van der Waals surface area contributed by atoms with Gasteiger partial charge in [-0.3, -0.25) is 4.99 Å². The molecule has 0 amide bonds. The maximum Gasteiger partial charge on any atom is 0.0503 e. The molecule has 3 rings (SSSR count). The summed E-state index contributed by atoms with van der Waals surface area (Å²) in [6, 6.07) is 1.30. The van der Waals surface area contributed by atoms with Gasteiger partial charge in [0, 0.05) is 17.7 Å². The van der Waals surface area contributed by atoms with E-state index in [-0.39, 0.29) is 0 Å². The Labute approximate surface area is 118 Å². The molecule has 19 heavy (non-hydrogen) atoms. The van der Waals surface area contributed by atoms with Crippen LogP contribution in [0.4, 0.5) is 0 Å². The van der Waals surface area contributed by atoms with E-state index in [9.17, 15) is 0 Å². The Hall–Kier alpha value is -0.630. The van der Waals surface area contributed by atoms with Gasteiger partial charge < -0.3 is 5.32 Å². The van der Waals surface area contributed by atoms with Crippen molar-refractivity contribution in [2.75, 3.05) is 7.05 Å². The minimum atomic E-state index is 0.634. The molecule has 3 aliphatic rings. The molecule has 2 saturated carbocycles. The Morgan fingerprint density at radius 3 is 2.53 bits per heavy atom. The van der Waals surface area contributed by atoms with Gasteiger partial charge in [-0.2, -0.15) is 0 Å². The van der Waals surface area contributed by atoms with Gasteiger partial charge in [0.05, 0.1) is 6.04 Å². The second kappa shape index (κ2) is 7.23. The summed E-state index contributed by atoms with van der Waals surface area (Å²) in [5, 5.41) is 3.03. The van der Waals surface area contributed by atoms with Gasteiger partial charge in [-0.15, -0.1) is 0 Å². The van der Waals surface area contributed by atoms with Crippen LogP contribution in [0.2, 0.25) is 0 Å². The summed E-state index contributed by atoms with van der Waals surface area (Å²) in [6.45, 7) is 4.22. The third kappa shape index (κ3) is 4.76. The van der Waals surface area contributed by atoms with Crippen LogP contribution in [0.1, 0.15) is 58.8 Å². The number of hydrogen-bond acceptors (Lipinski definition) is 2. The molecule has 0 spiro atoms. The molecule has 0 aromatic heterocycles. The SMILES string of the molecule is C1=CC(=NC2CCCCC2)C2CC2C1.CNC(C)C. The highest BCUT2D eigenvalue weighted by atomic mass is 14.8. The molecule has 2 nitrogen and oxygen atoms in total. The van der Waals surface area contributed by atoms with Gasteiger partial charge in [0.1, 0.15) is 0 Å². The first-order valence-electron chi connectivity index (χ1n) is 8.12. The molecule has 2 heteroatoms. The van der Waals surface area contributed by atoms with Crippen LogP contribution in [0, 0.1) is 11.8 Å². The smallest absolute Gasteiger partial charge is 0.0503 e. The highest BCUT2D eigenvalue weighted by Gasteiger charge is 2.41. The third-order valence-electron chi connectivity index (χ3n) is 4.51. The van der Waals surface area contributed by atoms with E-state index >= 15 is 0 Å². The first-order valence-corrected chi connectivity index (χ1v) is 8.12. The monoisotopic (exact) mass is 262 g/mol. The molecule has 3 aliphatic carbocycles. The van der Waals surface area contributed by atoms with Crippen molar-refractivity contribution >= 4 is 5.71 Å². The fourth-order valence-corrected chi connectivity index (χ4v) is 2.92. The van der Waals surface area contributed by atoms with Gasteiger partial charge in [-0.25, -0.2) is 0 Å². The molecule has 2 atom stereocenters. The molecular formula is C17H30N2. The Morgan fingerprint density at radius 1 is 1.21 bits per heavy atom. The van der Waals surface area contributed by atoms with Gasteiger partial charge in [0.2, 0.25) is 0 Å². The number of aliphatic imine (C=N–C) groups is 1. The Morgan fingerprint density at radius 2 is 1.89 bits per heavy atom. The highest BCUT2D eigenvalue weighted by molar-refractivity contribution is 5.99. The molecule has 0 aliphatic heterocycles. The second-order valence-corrected chi connectivity index (χ2v) is 6.53. The highest BCUT2D eigenvalue weighted by Crippen LogP contribution is 2.45. The van der Waals surface area contributed by atoms with Crippen LogP contribution in [0.15, 0.2) is 17.1 Å². The third-order valence-corrected chi connectivity index (χ3v) is 4.51. The fraction of sp³-hybridized carbons (Fsp3) is 0.824. The average molecular weight is 262 g/mol. The molecule has 0 bridgehead atoms. The van der Waals surface area contributed by atoms with E-state index in [1.165, 1.54) is 50.7 Å². The zero-order chi connectivity index (χ0) is 13.7. The Bertz CT molecular complexity index is 324. The van der Waals surface area contributed by atoms with E-state index in [4.69, 9.17) is 4.99 Å². The molecule has 0 heterocycles. The molecule has 108 valence electrons. The normalized spacial score (nSPS) is 31.9. The number of hydrogen-bond donors (Lipinski definition) is 1. The van der Waals surface area contributed by atoms with Gasteiger partial charge in [0.25, 0.3) is 0 Å². The van der Waals surface area contributed by atoms with Crippen LogP contribution < -0.4 is 5.32 Å². The molecule has 0 aromatic rings. The van der Waals surface area contributed by atoms with Crippen LogP contribution in [-0.2, 0) is 0 Å². The van der Waals surface area contributed by atoms with Crippen LogP contribution in [0.3, 0.4) is 0 Å². The van der Waals surface area contributed by atoms with Gasteiger partial charge in [-0.1, -0.05) is 39.2 Å². The van der Waals surface area contributed by atoms with Crippen LogP contribution >= 0.6 is 0 Å². The van der Waals surface area contributed by atoms with Crippen LogP contribution in [0.25, 0.3) is 0 Å². The zero-order valence-electron chi connectivity index (χ0n) is 12.9. The maximum atomic E-state index is 4.95. The topological polar surface area (TPSA) is 24.4 Å². The summed E-state index contributed by atoms with van der Waals surface area (Å²) in [5.41, 5.74) is 1.44. The van der Waals surface area contributed by atoms with E-state index in [2.05, 4.69) is 31.3 Å². The lowest BCUT2D eigenvalue weighted by Gasteiger charge is -2.19.